The quantitative estimate of drug-likeness (QED) is 0.635. The molecular formula is C15H11BrN2O. The van der Waals surface area contributed by atoms with E-state index >= 15 is 0 Å². The van der Waals surface area contributed by atoms with Crippen molar-refractivity contribution < 1.29 is 4.84 Å². The highest BCUT2D eigenvalue weighted by molar-refractivity contribution is 9.10. The van der Waals surface area contributed by atoms with Gasteiger partial charge in [0.1, 0.15) is 6.61 Å². The minimum atomic E-state index is 0.286. The molecule has 19 heavy (non-hydrogen) atoms. The lowest BCUT2D eigenvalue weighted by atomic mass is 10.1. The van der Waals surface area contributed by atoms with Gasteiger partial charge in [-0.15, -0.1) is 0 Å². The lowest BCUT2D eigenvalue weighted by molar-refractivity contribution is 0.132. The van der Waals surface area contributed by atoms with Gasteiger partial charge in [-0.3, -0.25) is 0 Å². The van der Waals surface area contributed by atoms with Crippen molar-refractivity contribution in [2.45, 2.75) is 6.61 Å². The predicted molar refractivity (Wildman–Crippen MR) is 77.7 cm³/mol. The zero-order valence-corrected chi connectivity index (χ0v) is 11.7. The van der Waals surface area contributed by atoms with Gasteiger partial charge in [0.2, 0.25) is 0 Å². The van der Waals surface area contributed by atoms with Gasteiger partial charge in [0.25, 0.3) is 0 Å². The second-order valence-corrected chi connectivity index (χ2v) is 4.75. The molecule has 3 nitrogen and oxygen atoms in total. The maximum absolute atomic E-state index is 8.93. The van der Waals surface area contributed by atoms with Gasteiger partial charge < -0.3 is 4.84 Å². The summed E-state index contributed by atoms with van der Waals surface area (Å²) in [6.07, 6.45) is 1.64. The molecule has 0 bridgehead atoms. The average molecular weight is 315 g/mol. The third-order valence-electron chi connectivity index (χ3n) is 2.48. The summed E-state index contributed by atoms with van der Waals surface area (Å²) in [7, 11) is 0. The molecule has 94 valence electrons. The van der Waals surface area contributed by atoms with E-state index in [4.69, 9.17) is 10.1 Å². The van der Waals surface area contributed by atoms with E-state index in [9.17, 15) is 0 Å². The van der Waals surface area contributed by atoms with Crippen molar-refractivity contribution in [3.05, 3.63) is 69.7 Å². The smallest absolute Gasteiger partial charge is 0.143 e. The first-order chi connectivity index (χ1) is 9.29. The summed E-state index contributed by atoms with van der Waals surface area (Å²) < 4.78 is 0.992. The Bertz CT molecular complexity index is 632. The van der Waals surface area contributed by atoms with Crippen LogP contribution in [0.25, 0.3) is 0 Å². The number of nitriles is 1. The van der Waals surface area contributed by atoms with E-state index in [1.165, 1.54) is 0 Å². The molecule has 0 N–H and O–H groups in total. The summed E-state index contributed by atoms with van der Waals surface area (Å²) in [5.74, 6) is 0. The van der Waals surface area contributed by atoms with E-state index in [1.807, 2.05) is 42.5 Å². The monoisotopic (exact) mass is 314 g/mol. The molecular weight excluding hydrogens is 304 g/mol. The van der Waals surface area contributed by atoms with Crippen molar-refractivity contribution in [3.63, 3.8) is 0 Å². The first kappa shape index (κ1) is 13.3. The highest BCUT2D eigenvalue weighted by atomic mass is 79.9. The van der Waals surface area contributed by atoms with E-state index in [2.05, 4.69) is 27.2 Å². The Kier molecular flexibility index (Phi) is 4.71. The first-order valence-electron chi connectivity index (χ1n) is 5.68. The summed E-state index contributed by atoms with van der Waals surface area (Å²) in [6.45, 7) is 0.286. The summed E-state index contributed by atoms with van der Waals surface area (Å²) in [5, 5.41) is 12.8. The third kappa shape index (κ3) is 3.94. The Labute approximate surface area is 120 Å². The first-order valence-corrected chi connectivity index (χ1v) is 6.48. The molecule has 0 aliphatic heterocycles. The van der Waals surface area contributed by atoms with Gasteiger partial charge in [0.05, 0.1) is 17.8 Å². The van der Waals surface area contributed by atoms with Crippen LogP contribution in [0.4, 0.5) is 0 Å². The van der Waals surface area contributed by atoms with Crippen LogP contribution < -0.4 is 0 Å². The molecule has 2 rings (SSSR count). The Morgan fingerprint density at radius 3 is 2.84 bits per heavy atom. The van der Waals surface area contributed by atoms with Crippen LogP contribution in [0, 0.1) is 11.3 Å². The molecule has 0 atom stereocenters. The van der Waals surface area contributed by atoms with E-state index in [0.717, 1.165) is 15.6 Å². The van der Waals surface area contributed by atoms with Crippen molar-refractivity contribution in [1.82, 2.24) is 0 Å². The molecule has 0 amide bonds. The van der Waals surface area contributed by atoms with E-state index in [1.54, 1.807) is 12.3 Å². The van der Waals surface area contributed by atoms with Crippen molar-refractivity contribution in [2.75, 3.05) is 0 Å². The minimum Gasteiger partial charge on any atom is -0.391 e. The van der Waals surface area contributed by atoms with Crippen molar-refractivity contribution in [1.29, 1.82) is 5.26 Å². The van der Waals surface area contributed by atoms with Crippen LogP contribution in [-0.2, 0) is 11.4 Å². The van der Waals surface area contributed by atoms with Crippen molar-refractivity contribution in [3.8, 4) is 6.07 Å². The number of oxime groups is 1. The van der Waals surface area contributed by atoms with Crippen LogP contribution >= 0.6 is 15.9 Å². The van der Waals surface area contributed by atoms with Crippen LogP contribution in [0.2, 0.25) is 0 Å². The summed E-state index contributed by atoms with van der Waals surface area (Å²) in [5.41, 5.74) is 2.39. The third-order valence-corrected chi connectivity index (χ3v) is 2.98. The fraction of sp³-hybridized carbons (Fsp3) is 0.0667. The maximum Gasteiger partial charge on any atom is 0.143 e. The molecule has 0 saturated heterocycles. The molecule has 0 unspecified atom stereocenters. The van der Waals surface area contributed by atoms with Crippen LogP contribution in [0.1, 0.15) is 16.7 Å². The molecule has 0 aliphatic rings. The normalized spacial score (nSPS) is 10.3. The molecule has 4 heteroatoms. The summed E-state index contributed by atoms with van der Waals surface area (Å²) in [6, 6.07) is 17.2. The van der Waals surface area contributed by atoms with Gasteiger partial charge in [-0.2, -0.15) is 5.26 Å². The molecule has 0 spiro atoms. The predicted octanol–water partition coefficient (Wildman–Crippen LogP) is 3.87. The highest BCUT2D eigenvalue weighted by Gasteiger charge is 1.99. The Morgan fingerprint density at radius 1 is 1.21 bits per heavy atom. The van der Waals surface area contributed by atoms with Gasteiger partial charge in [0.15, 0.2) is 0 Å². The minimum absolute atomic E-state index is 0.286. The average Bonchev–Trinajstić information content (AvgIpc) is 2.44. The number of hydrogen-bond donors (Lipinski definition) is 0. The lowest BCUT2D eigenvalue weighted by Gasteiger charge is -2.01. The molecule has 0 aromatic heterocycles. The Hall–Kier alpha value is -2.12. The second-order valence-electron chi connectivity index (χ2n) is 3.83. The lowest BCUT2D eigenvalue weighted by Crippen LogP contribution is -1.92. The zero-order valence-electron chi connectivity index (χ0n) is 10.1. The van der Waals surface area contributed by atoms with Crippen molar-refractivity contribution in [2.24, 2.45) is 5.16 Å². The molecule has 0 saturated carbocycles. The topological polar surface area (TPSA) is 45.4 Å². The van der Waals surface area contributed by atoms with Crippen molar-refractivity contribution >= 4 is 22.1 Å². The number of hydrogen-bond acceptors (Lipinski definition) is 3. The van der Waals surface area contributed by atoms with Gasteiger partial charge in [-0.1, -0.05) is 51.4 Å². The molecule has 0 fully saturated rings. The van der Waals surface area contributed by atoms with E-state index in [-0.39, 0.29) is 6.61 Å². The van der Waals surface area contributed by atoms with Crippen LogP contribution in [0.15, 0.2) is 58.2 Å². The number of halogens is 1. The summed E-state index contributed by atoms with van der Waals surface area (Å²) in [4.78, 5) is 5.21. The molecule has 0 aliphatic carbocycles. The fourth-order valence-corrected chi connectivity index (χ4v) is 1.96. The molecule has 2 aromatic carbocycles. The van der Waals surface area contributed by atoms with Gasteiger partial charge in [-0.25, -0.2) is 0 Å². The van der Waals surface area contributed by atoms with Gasteiger partial charge in [-0.05, 0) is 23.8 Å². The SMILES string of the molecule is N#Cc1ccccc1CON=Cc1cccc(Br)c1. The second kappa shape index (κ2) is 6.72. The number of nitrogens with zero attached hydrogens (tertiary/aromatic N) is 2. The Morgan fingerprint density at radius 2 is 2.05 bits per heavy atom. The maximum atomic E-state index is 8.93. The summed E-state index contributed by atoms with van der Waals surface area (Å²) >= 11 is 3.39. The Balaban J connectivity index is 1.95. The van der Waals surface area contributed by atoms with Gasteiger partial charge >= 0.3 is 0 Å². The van der Waals surface area contributed by atoms with E-state index in [0.29, 0.717) is 5.56 Å². The molecule has 2 aromatic rings. The van der Waals surface area contributed by atoms with Crippen LogP contribution in [0.3, 0.4) is 0 Å². The van der Waals surface area contributed by atoms with Crippen LogP contribution in [-0.4, -0.2) is 6.21 Å². The standard InChI is InChI=1S/C15H11BrN2O/c16-15-7-3-4-12(8-15)10-18-19-11-14-6-2-1-5-13(14)9-17/h1-8,10H,11H2. The zero-order chi connectivity index (χ0) is 13.5. The fourth-order valence-electron chi connectivity index (χ4n) is 1.55. The van der Waals surface area contributed by atoms with Crippen LogP contribution in [0.5, 0.6) is 0 Å². The van der Waals surface area contributed by atoms with Gasteiger partial charge in [0, 0.05) is 10.0 Å². The number of benzene rings is 2. The molecule has 0 radical (unpaired) electrons. The highest BCUT2D eigenvalue weighted by Crippen LogP contribution is 2.11. The van der Waals surface area contributed by atoms with E-state index < -0.39 is 0 Å². The number of rotatable bonds is 4. The molecule has 0 heterocycles. The largest absolute Gasteiger partial charge is 0.391 e.